The second kappa shape index (κ2) is 9.59. The van der Waals surface area contributed by atoms with Crippen LogP contribution in [0, 0.1) is 0 Å². The smallest absolute Gasteiger partial charge is 0.270 e. The Bertz CT molecular complexity index is 1240. The van der Waals surface area contributed by atoms with Gasteiger partial charge in [0.25, 0.3) is 5.91 Å². The Morgan fingerprint density at radius 1 is 1.16 bits per heavy atom. The maximum absolute atomic E-state index is 13.4. The van der Waals surface area contributed by atoms with Crippen molar-refractivity contribution in [3.63, 3.8) is 0 Å². The van der Waals surface area contributed by atoms with Crippen molar-refractivity contribution in [1.29, 1.82) is 0 Å². The van der Waals surface area contributed by atoms with E-state index in [1.165, 1.54) is 11.8 Å². The molecular formula is C26H23NO3S2. The molecule has 32 heavy (non-hydrogen) atoms. The van der Waals surface area contributed by atoms with Gasteiger partial charge in [0.05, 0.1) is 24.3 Å². The molecule has 4 nitrogen and oxygen atoms in total. The molecule has 1 aliphatic rings. The van der Waals surface area contributed by atoms with Gasteiger partial charge in [0.15, 0.2) is 15.8 Å². The van der Waals surface area contributed by atoms with Crippen molar-refractivity contribution in [3.8, 4) is 11.5 Å². The van der Waals surface area contributed by atoms with Gasteiger partial charge in [-0.25, -0.2) is 0 Å². The molecule has 0 N–H and O–H groups in total. The van der Waals surface area contributed by atoms with Crippen LogP contribution in [0.3, 0.4) is 0 Å². The molecule has 6 heteroatoms. The highest BCUT2D eigenvalue weighted by Gasteiger charge is 2.34. The third-order valence-corrected chi connectivity index (χ3v) is 6.42. The number of benzene rings is 3. The molecule has 1 aliphatic heterocycles. The summed E-state index contributed by atoms with van der Waals surface area (Å²) >= 11 is 6.90. The topological polar surface area (TPSA) is 38.8 Å². The number of fused-ring (bicyclic) bond motifs is 1. The largest absolute Gasteiger partial charge is 0.493 e. The summed E-state index contributed by atoms with van der Waals surface area (Å²) in [5.41, 5.74) is 2.60. The van der Waals surface area contributed by atoms with E-state index in [0.717, 1.165) is 27.6 Å². The van der Waals surface area contributed by atoms with Crippen molar-refractivity contribution in [2.45, 2.75) is 13.3 Å². The van der Waals surface area contributed by atoms with Crippen molar-refractivity contribution >= 4 is 56.7 Å². The number of nitrogens with zero attached hydrogens (tertiary/aromatic N) is 1. The van der Waals surface area contributed by atoms with Crippen molar-refractivity contribution in [1.82, 2.24) is 0 Å². The number of hydrogen-bond acceptors (Lipinski definition) is 5. The molecule has 0 radical (unpaired) electrons. The van der Waals surface area contributed by atoms with E-state index in [-0.39, 0.29) is 5.91 Å². The first kappa shape index (κ1) is 22.1. The SMILES string of the molecule is C=CCc1cc(/C=C2\SC(=S)N(c3cccc4ccccc34)C2=O)cc(OCC)c1OC. The number of methoxy groups -OCH3 is 1. The van der Waals surface area contributed by atoms with E-state index in [0.29, 0.717) is 33.8 Å². The summed E-state index contributed by atoms with van der Waals surface area (Å²) in [5, 5.41) is 2.05. The molecule has 3 aromatic rings. The molecule has 0 aliphatic carbocycles. The van der Waals surface area contributed by atoms with E-state index < -0.39 is 0 Å². The Balaban J connectivity index is 1.75. The Morgan fingerprint density at radius 2 is 1.94 bits per heavy atom. The second-order valence-corrected chi connectivity index (χ2v) is 8.83. The molecule has 1 saturated heterocycles. The highest BCUT2D eigenvalue weighted by molar-refractivity contribution is 8.27. The normalized spacial score (nSPS) is 14.9. The number of ether oxygens (including phenoxy) is 2. The Kier molecular flexibility index (Phi) is 6.63. The van der Waals surface area contributed by atoms with Crippen molar-refractivity contribution in [2.75, 3.05) is 18.6 Å². The molecule has 0 atom stereocenters. The molecular weight excluding hydrogens is 438 g/mol. The fourth-order valence-electron chi connectivity index (χ4n) is 3.80. The van der Waals surface area contributed by atoms with Gasteiger partial charge in [0.1, 0.15) is 0 Å². The Hall–Kier alpha value is -3.09. The van der Waals surface area contributed by atoms with E-state index >= 15 is 0 Å². The molecule has 1 amide bonds. The van der Waals surface area contributed by atoms with Crippen molar-refractivity contribution < 1.29 is 14.3 Å². The van der Waals surface area contributed by atoms with Gasteiger partial charge in [-0.3, -0.25) is 9.69 Å². The van der Waals surface area contributed by atoms with Gasteiger partial charge in [-0.2, -0.15) is 0 Å². The van der Waals surface area contributed by atoms with Crippen molar-refractivity contribution in [3.05, 3.63) is 83.3 Å². The fraction of sp³-hybridized carbons (Fsp3) is 0.154. The highest BCUT2D eigenvalue weighted by Crippen LogP contribution is 2.40. The van der Waals surface area contributed by atoms with Crippen LogP contribution in [0.15, 0.2) is 72.2 Å². The fourth-order valence-corrected chi connectivity index (χ4v) is 5.08. The number of rotatable bonds is 7. The lowest BCUT2D eigenvalue weighted by molar-refractivity contribution is -0.113. The van der Waals surface area contributed by atoms with Gasteiger partial charge in [-0.1, -0.05) is 66.5 Å². The van der Waals surface area contributed by atoms with E-state index in [2.05, 4.69) is 6.58 Å². The molecule has 0 bridgehead atoms. The van der Waals surface area contributed by atoms with Crippen LogP contribution in [-0.2, 0) is 11.2 Å². The first-order valence-corrected chi connectivity index (χ1v) is 11.5. The minimum atomic E-state index is -0.129. The minimum absolute atomic E-state index is 0.129. The maximum Gasteiger partial charge on any atom is 0.270 e. The van der Waals surface area contributed by atoms with E-state index in [1.807, 2.05) is 73.7 Å². The average molecular weight is 462 g/mol. The second-order valence-electron chi connectivity index (χ2n) is 7.15. The summed E-state index contributed by atoms with van der Waals surface area (Å²) in [6, 6.07) is 17.8. The summed E-state index contributed by atoms with van der Waals surface area (Å²) in [6.45, 7) is 6.27. The van der Waals surface area contributed by atoms with Crippen molar-refractivity contribution in [2.24, 2.45) is 0 Å². The number of carbonyl (C=O) groups excluding carboxylic acids is 1. The zero-order valence-electron chi connectivity index (χ0n) is 18.0. The number of anilines is 1. The lowest BCUT2D eigenvalue weighted by atomic mass is 10.0. The average Bonchev–Trinajstić information content (AvgIpc) is 3.06. The van der Waals surface area contributed by atoms with Crippen LogP contribution in [0.2, 0.25) is 0 Å². The van der Waals surface area contributed by atoms with Crippen LogP contribution in [0.1, 0.15) is 18.1 Å². The Morgan fingerprint density at radius 3 is 2.69 bits per heavy atom. The standard InChI is InChI=1S/C26H23NO3S2/c1-4-9-19-14-17(15-22(30-5-2)24(19)29-3)16-23-25(28)27(26(31)32-23)21-13-8-11-18-10-6-7-12-20(18)21/h4,6-8,10-16H,1,5,9H2,2-3H3/b23-16-. The van der Waals surface area contributed by atoms with Gasteiger partial charge in [0, 0.05) is 10.9 Å². The summed E-state index contributed by atoms with van der Waals surface area (Å²) in [6.07, 6.45) is 4.30. The van der Waals surface area contributed by atoms with Gasteiger partial charge in [-0.05, 0) is 48.6 Å². The molecule has 0 spiro atoms. The zero-order valence-corrected chi connectivity index (χ0v) is 19.6. The van der Waals surface area contributed by atoms with Crippen LogP contribution >= 0.6 is 24.0 Å². The van der Waals surface area contributed by atoms with E-state index in [1.54, 1.807) is 12.0 Å². The molecule has 1 heterocycles. The third kappa shape index (κ3) is 4.16. The molecule has 1 fully saturated rings. The quantitative estimate of drug-likeness (QED) is 0.232. The summed E-state index contributed by atoms with van der Waals surface area (Å²) in [7, 11) is 1.62. The number of thioether (sulfide) groups is 1. The van der Waals surface area contributed by atoms with Crippen LogP contribution in [0.4, 0.5) is 5.69 Å². The monoisotopic (exact) mass is 461 g/mol. The molecule has 162 valence electrons. The molecule has 0 unspecified atom stereocenters. The molecule has 3 aromatic carbocycles. The van der Waals surface area contributed by atoms with Gasteiger partial charge < -0.3 is 9.47 Å². The first-order chi connectivity index (χ1) is 15.6. The molecule has 0 aromatic heterocycles. The van der Waals surface area contributed by atoms with Gasteiger partial charge >= 0.3 is 0 Å². The third-order valence-electron chi connectivity index (χ3n) is 5.12. The number of thiocarbonyl (C=S) groups is 1. The van der Waals surface area contributed by atoms with Crippen LogP contribution in [0.25, 0.3) is 16.8 Å². The number of allylic oxidation sites excluding steroid dienone is 1. The summed E-state index contributed by atoms with van der Waals surface area (Å²) < 4.78 is 11.9. The van der Waals surface area contributed by atoms with Gasteiger partial charge in [-0.15, -0.1) is 6.58 Å². The number of carbonyl (C=O) groups is 1. The van der Waals surface area contributed by atoms with E-state index in [4.69, 9.17) is 21.7 Å². The highest BCUT2D eigenvalue weighted by atomic mass is 32.2. The molecule has 0 saturated carbocycles. The number of hydrogen-bond donors (Lipinski definition) is 0. The predicted molar refractivity (Wildman–Crippen MR) is 138 cm³/mol. The molecule has 4 rings (SSSR count). The first-order valence-electron chi connectivity index (χ1n) is 10.3. The van der Waals surface area contributed by atoms with E-state index in [9.17, 15) is 4.79 Å². The van der Waals surface area contributed by atoms with Crippen LogP contribution in [-0.4, -0.2) is 23.9 Å². The Labute approximate surface area is 197 Å². The predicted octanol–water partition coefficient (Wildman–Crippen LogP) is 6.38. The minimum Gasteiger partial charge on any atom is -0.493 e. The maximum atomic E-state index is 13.4. The summed E-state index contributed by atoms with van der Waals surface area (Å²) in [4.78, 5) is 15.6. The lowest BCUT2D eigenvalue weighted by Gasteiger charge is -2.17. The van der Waals surface area contributed by atoms with Crippen LogP contribution < -0.4 is 14.4 Å². The number of amides is 1. The van der Waals surface area contributed by atoms with Crippen LogP contribution in [0.5, 0.6) is 11.5 Å². The zero-order chi connectivity index (χ0) is 22.7. The van der Waals surface area contributed by atoms with Gasteiger partial charge in [0.2, 0.25) is 0 Å². The summed E-state index contributed by atoms with van der Waals surface area (Å²) in [5.74, 6) is 1.20. The lowest BCUT2D eigenvalue weighted by Crippen LogP contribution is -2.27.